The van der Waals surface area contributed by atoms with Gasteiger partial charge in [-0.1, -0.05) is 12.1 Å². The van der Waals surface area contributed by atoms with Gasteiger partial charge in [0.15, 0.2) is 5.78 Å². The lowest BCUT2D eigenvalue weighted by Crippen LogP contribution is -2.59. The van der Waals surface area contributed by atoms with E-state index in [-0.39, 0.29) is 11.7 Å². The van der Waals surface area contributed by atoms with Gasteiger partial charge in [-0.2, -0.15) is 0 Å². The van der Waals surface area contributed by atoms with Crippen LogP contribution in [0.4, 0.5) is 11.5 Å². The monoisotopic (exact) mass is 367 g/mol. The van der Waals surface area contributed by atoms with E-state index >= 15 is 0 Å². The third kappa shape index (κ3) is 4.68. The lowest BCUT2D eigenvalue weighted by molar-refractivity contribution is -0.117. The van der Waals surface area contributed by atoms with E-state index in [1.165, 1.54) is 6.92 Å². The zero-order valence-corrected chi connectivity index (χ0v) is 16.2. The summed E-state index contributed by atoms with van der Waals surface area (Å²) in [6.45, 7) is 7.33. The summed E-state index contributed by atoms with van der Waals surface area (Å²) in [7, 11) is 1.95. The number of nitrogens with one attached hydrogen (secondary N) is 1. The second-order valence-electron chi connectivity index (χ2n) is 7.07. The van der Waals surface area contributed by atoms with Gasteiger partial charge in [-0.25, -0.2) is 9.97 Å². The van der Waals surface area contributed by atoms with Crippen LogP contribution >= 0.6 is 0 Å². The molecule has 1 amide bonds. The molecule has 1 aliphatic rings. The zero-order valence-electron chi connectivity index (χ0n) is 16.2. The Balaban J connectivity index is 1.51. The van der Waals surface area contributed by atoms with Crippen LogP contribution in [0.25, 0.3) is 0 Å². The number of carbonyl (C=O) groups is 2. The minimum Gasteiger partial charge on any atom is -0.353 e. The first-order valence-corrected chi connectivity index (χ1v) is 9.00. The number of aryl methyl sites for hydroxylation is 2. The Morgan fingerprint density at radius 3 is 2.63 bits per heavy atom. The fourth-order valence-electron chi connectivity index (χ4n) is 3.15. The standard InChI is InChI=1S/C20H25N5O2/c1-13-8-19(22-15(3)21-13)25-10-18(11-25)24(4)12-20(27)23-17-7-5-6-16(9-17)14(2)26/h5-9,18H,10-12H2,1-4H3,(H,23,27). The van der Waals surface area contributed by atoms with E-state index in [0.29, 0.717) is 23.8 Å². The maximum Gasteiger partial charge on any atom is 0.238 e. The topological polar surface area (TPSA) is 78.4 Å². The molecular weight excluding hydrogens is 342 g/mol. The van der Waals surface area contributed by atoms with Crippen LogP contribution in [0.5, 0.6) is 0 Å². The van der Waals surface area contributed by atoms with Gasteiger partial charge in [0.2, 0.25) is 5.91 Å². The van der Waals surface area contributed by atoms with Crippen LogP contribution in [-0.4, -0.2) is 59.3 Å². The second kappa shape index (κ2) is 7.84. The highest BCUT2D eigenvalue weighted by atomic mass is 16.2. The van der Waals surface area contributed by atoms with Crippen molar-refractivity contribution in [2.24, 2.45) is 0 Å². The average molecular weight is 367 g/mol. The van der Waals surface area contributed by atoms with Crippen molar-refractivity contribution in [2.75, 3.05) is 36.9 Å². The molecular formula is C20H25N5O2. The largest absolute Gasteiger partial charge is 0.353 e. The van der Waals surface area contributed by atoms with Crippen molar-refractivity contribution in [1.82, 2.24) is 14.9 Å². The van der Waals surface area contributed by atoms with Crippen molar-refractivity contribution < 1.29 is 9.59 Å². The number of aromatic nitrogens is 2. The van der Waals surface area contributed by atoms with Crippen molar-refractivity contribution in [3.05, 3.63) is 47.4 Å². The maximum absolute atomic E-state index is 12.3. The van der Waals surface area contributed by atoms with E-state index < -0.39 is 0 Å². The van der Waals surface area contributed by atoms with E-state index in [1.807, 2.05) is 31.9 Å². The van der Waals surface area contributed by atoms with Gasteiger partial charge in [0.05, 0.1) is 6.54 Å². The Kier molecular flexibility index (Phi) is 5.51. The molecule has 0 atom stereocenters. The first-order chi connectivity index (χ1) is 12.8. The van der Waals surface area contributed by atoms with Crippen LogP contribution in [0.2, 0.25) is 0 Å². The first kappa shape index (κ1) is 19.0. The number of hydrogen-bond acceptors (Lipinski definition) is 6. The summed E-state index contributed by atoms with van der Waals surface area (Å²) >= 11 is 0. The third-order valence-electron chi connectivity index (χ3n) is 4.71. The Labute approximate surface area is 159 Å². The fraction of sp³-hybridized carbons (Fsp3) is 0.400. The summed E-state index contributed by atoms with van der Waals surface area (Å²) in [5.74, 6) is 1.60. The van der Waals surface area contributed by atoms with Crippen molar-refractivity contribution in [3.8, 4) is 0 Å². The molecule has 1 saturated heterocycles. The molecule has 1 aromatic carbocycles. The van der Waals surface area contributed by atoms with E-state index in [1.54, 1.807) is 24.3 Å². The summed E-state index contributed by atoms with van der Waals surface area (Å²) in [6, 6.07) is 9.28. The van der Waals surface area contributed by atoms with Gasteiger partial charge in [0.1, 0.15) is 11.6 Å². The average Bonchev–Trinajstić information content (AvgIpc) is 2.52. The number of likely N-dealkylation sites (N-methyl/N-ethyl adjacent to an activating group) is 1. The third-order valence-corrected chi connectivity index (χ3v) is 4.71. The smallest absolute Gasteiger partial charge is 0.238 e. The van der Waals surface area contributed by atoms with Crippen LogP contribution in [0.3, 0.4) is 0 Å². The normalized spacial score (nSPS) is 14.2. The molecule has 7 heteroatoms. The maximum atomic E-state index is 12.3. The predicted octanol–water partition coefficient (Wildman–Crippen LogP) is 2.06. The number of Topliss-reactive ketones (excluding diaryl/α,β-unsaturated/α-hetero) is 1. The molecule has 142 valence electrons. The Morgan fingerprint density at radius 1 is 1.22 bits per heavy atom. The van der Waals surface area contributed by atoms with E-state index in [0.717, 1.165) is 30.4 Å². The molecule has 0 spiro atoms. The Hall–Kier alpha value is -2.80. The predicted molar refractivity (Wildman–Crippen MR) is 105 cm³/mol. The van der Waals surface area contributed by atoms with E-state index in [4.69, 9.17) is 0 Å². The number of anilines is 2. The van der Waals surface area contributed by atoms with Crippen LogP contribution < -0.4 is 10.2 Å². The molecule has 1 N–H and O–H groups in total. The minimum absolute atomic E-state index is 0.0204. The highest BCUT2D eigenvalue weighted by Gasteiger charge is 2.31. The summed E-state index contributed by atoms with van der Waals surface area (Å²) in [5, 5.41) is 2.86. The van der Waals surface area contributed by atoms with Gasteiger partial charge < -0.3 is 10.2 Å². The first-order valence-electron chi connectivity index (χ1n) is 9.00. The summed E-state index contributed by atoms with van der Waals surface area (Å²) in [6.07, 6.45) is 0. The summed E-state index contributed by atoms with van der Waals surface area (Å²) in [4.78, 5) is 36.8. The number of hydrogen-bond donors (Lipinski definition) is 1. The van der Waals surface area contributed by atoms with Crippen molar-refractivity contribution >= 4 is 23.2 Å². The lowest BCUT2D eigenvalue weighted by Gasteiger charge is -2.44. The molecule has 1 aliphatic heterocycles. The summed E-state index contributed by atoms with van der Waals surface area (Å²) in [5.41, 5.74) is 2.19. The summed E-state index contributed by atoms with van der Waals surface area (Å²) < 4.78 is 0. The van der Waals surface area contributed by atoms with Crippen LogP contribution in [0, 0.1) is 13.8 Å². The van der Waals surface area contributed by atoms with Crippen LogP contribution in [-0.2, 0) is 4.79 Å². The number of amides is 1. The van der Waals surface area contributed by atoms with Crippen molar-refractivity contribution in [3.63, 3.8) is 0 Å². The van der Waals surface area contributed by atoms with Crippen LogP contribution in [0.1, 0.15) is 28.8 Å². The fourth-order valence-corrected chi connectivity index (χ4v) is 3.15. The minimum atomic E-state index is -0.0922. The van der Waals surface area contributed by atoms with Gasteiger partial charge in [-0.05, 0) is 40.0 Å². The van der Waals surface area contributed by atoms with Crippen molar-refractivity contribution in [2.45, 2.75) is 26.8 Å². The highest BCUT2D eigenvalue weighted by molar-refractivity contribution is 5.97. The van der Waals surface area contributed by atoms with Crippen LogP contribution in [0.15, 0.2) is 30.3 Å². The molecule has 0 bridgehead atoms. The second-order valence-corrected chi connectivity index (χ2v) is 7.07. The van der Waals surface area contributed by atoms with Gasteiger partial charge in [0, 0.05) is 42.1 Å². The molecule has 3 rings (SSSR count). The van der Waals surface area contributed by atoms with E-state index in [9.17, 15) is 9.59 Å². The lowest BCUT2D eigenvalue weighted by atomic mass is 10.1. The number of ketones is 1. The molecule has 0 radical (unpaired) electrons. The van der Waals surface area contributed by atoms with Gasteiger partial charge >= 0.3 is 0 Å². The molecule has 0 aliphatic carbocycles. The van der Waals surface area contributed by atoms with Gasteiger partial charge in [-0.15, -0.1) is 0 Å². The van der Waals surface area contributed by atoms with Gasteiger partial charge in [-0.3, -0.25) is 14.5 Å². The molecule has 0 saturated carbocycles. The number of nitrogens with zero attached hydrogens (tertiary/aromatic N) is 4. The van der Waals surface area contributed by atoms with Gasteiger partial charge in [0.25, 0.3) is 0 Å². The SMILES string of the molecule is CC(=O)c1cccc(NC(=O)CN(C)C2CN(c3cc(C)nc(C)n3)C2)c1. The zero-order chi connectivity index (χ0) is 19.6. The number of carbonyl (C=O) groups excluding carboxylic acids is 2. The molecule has 1 fully saturated rings. The Morgan fingerprint density at radius 2 is 1.96 bits per heavy atom. The quantitative estimate of drug-likeness (QED) is 0.788. The number of benzene rings is 1. The molecule has 7 nitrogen and oxygen atoms in total. The molecule has 0 unspecified atom stereocenters. The molecule has 2 heterocycles. The van der Waals surface area contributed by atoms with Crippen molar-refractivity contribution in [1.29, 1.82) is 0 Å². The molecule has 27 heavy (non-hydrogen) atoms. The number of rotatable bonds is 6. The Bertz CT molecular complexity index is 841. The molecule has 2 aromatic rings. The molecule has 1 aromatic heterocycles. The highest BCUT2D eigenvalue weighted by Crippen LogP contribution is 2.22. The van der Waals surface area contributed by atoms with E-state index in [2.05, 4.69) is 20.2 Å².